The number of aliphatic hydroxyl groups excluding tert-OH is 1. The van der Waals surface area contributed by atoms with Crippen LogP contribution in [0.15, 0.2) is 103 Å². The molecular formula is C39H41F3N3O3+. The monoisotopic (exact) mass is 656 g/mol. The number of carbonyl (C=O) groups excluding carboxylic acids is 2. The zero-order chi connectivity index (χ0) is 33.9. The molecule has 0 radical (unpaired) electrons. The molecule has 48 heavy (non-hydrogen) atoms. The second kappa shape index (κ2) is 14.0. The van der Waals surface area contributed by atoms with E-state index in [-0.39, 0.29) is 35.4 Å². The highest BCUT2D eigenvalue weighted by atomic mass is 19.4. The Hall–Kier alpha value is -4.31. The zero-order valence-electron chi connectivity index (χ0n) is 27.0. The minimum Gasteiger partial charge on any atom is -0.386 e. The second-order valence-corrected chi connectivity index (χ2v) is 13.1. The van der Waals surface area contributed by atoms with Crippen LogP contribution in [0.25, 0.3) is 0 Å². The van der Waals surface area contributed by atoms with E-state index in [0.29, 0.717) is 42.7 Å². The van der Waals surface area contributed by atoms with Gasteiger partial charge in [-0.25, -0.2) is 9.28 Å². The molecule has 0 spiro atoms. The Labute approximate surface area is 279 Å². The summed E-state index contributed by atoms with van der Waals surface area (Å²) in [6, 6.07) is 29.6. The number of benzene rings is 4. The number of nitrogens with zero attached hydrogens (tertiary/aromatic N) is 2. The fraction of sp³-hybridized carbons (Fsp3) is 0.333. The van der Waals surface area contributed by atoms with Gasteiger partial charge in [0.2, 0.25) is 0 Å². The summed E-state index contributed by atoms with van der Waals surface area (Å²) >= 11 is 0. The number of quaternary nitrogens is 1. The minimum atomic E-state index is -4.44. The van der Waals surface area contributed by atoms with Crippen molar-refractivity contribution in [2.75, 3.05) is 26.2 Å². The largest absolute Gasteiger partial charge is 0.416 e. The normalized spacial score (nSPS) is 18.4. The van der Waals surface area contributed by atoms with Gasteiger partial charge < -0.3 is 15.3 Å². The standard InChI is InChI=1S/C39H41F3N3O3/c1-27-20-31(37(47)44-17-9-16-34(44)30-13-6-3-7-14-30)24-32(21-27)38(48)45(18-19-45)35(23-28-10-4-2-5-11-28)36(46)26-43-25-29-12-8-15-33(22-29)39(40,41)42/h2-8,10-15,20-22,24,34-36,43,46H,9,16-19,23,25-26H2,1H3/q+1. The predicted octanol–water partition coefficient (Wildman–Crippen LogP) is 6.72. The molecule has 6 rings (SSSR count). The van der Waals surface area contributed by atoms with Crippen LogP contribution >= 0.6 is 0 Å². The lowest BCUT2D eigenvalue weighted by Crippen LogP contribution is -2.53. The summed E-state index contributed by atoms with van der Waals surface area (Å²) in [5, 5.41) is 14.7. The Morgan fingerprint density at radius 2 is 1.56 bits per heavy atom. The first-order valence-corrected chi connectivity index (χ1v) is 16.5. The summed E-state index contributed by atoms with van der Waals surface area (Å²) in [7, 11) is 0. The minimum absolute atomic E-state index is 0.0160. The molecule has 6 nitrogen and oxygen atoms in total. The molecule has 0 aromatic heterocycles. The van der Waals surface area contributed by atoms with E-state index in [1.807, 2.05) is 84.6 Å². The van der Waals surface area contributed by atoms with Gasteiger partial charge in [0.15, 0.2) is 0 Å². The maximum atomic E-state index is 14.4. The van der Waals surface area contributed by atoms with Crippen LogP contribution < -0.4 is 5.32 Å². The number of carbonyl (C=O) groups is 2. The van der Waals surface area contributed by atoms with Gasteiger partial charge in [-0.15, -0.1) is 0 Å². The van der Waals surface area contributed by atoms with Crippen molar-refractivity contribution in [3.63, 3.8) is 0 Å². The number of hydrogen-bond acceptors (Lipinski definition) is 4. The van der Waals surface area contributed by atoms with E-state index in [1.165, 1.54) is 6.07 Å². The SMILES string of the molecule is Cc1cc(C(=O)N2CCCC2c2ccccc2)cc(C(=O)[N+]2(C(Cc3ccccc3)C(O)CNCc3cccc(C(F)(F)F)c3)CC2)c1. The van der Waals surface area contributed by atoms with Crippen molar-refractivity contribution in [1.29, 1.82) is 0 Å². The number of rotatable bonds is 11. The maximum Gasteiger partial charge on any atom is 0.416 e. The lowest BCUT2D eigenvalue weighted by molar-refractivity contribution is -0.748. The molecule has 250 valence electrons. The Balaban J connectivity index is 1.22. The van der Waals surface area contributed by atoms with Gasteiger partial charge in [-0.2, -0.15) is 13.2 Å². The van der Waals surface area contributed by atoms with Crippen molar-refractivity contribution < 1.29 is 32.3 Å². The lowest BCUT2D eigenvalue weighted by atomic mass is 9.97. The van der Waals surface area contributed by atoms with Gasteiger partial charge in [-0.05, 0) is 66.3 Å². The van der Waals surface area contributed by atoms with Crippen LogP contribution in [0.5, 0.6) is 0 Å². The van der Waals surface area contributed by atoms with Crippen LogP contribution in [0.3, 0.4) is 0 Å². The van der Waals surface area contributed by atoms with E-state index >= 15 is 0 Å². The molecule has 2 heterocycles. The summed E-state index contributed by atoms with van der Waals surface area (Å²) in [6.07, 6.45) is -3.18. The summed E-state index contributed by atoms with van der Waals surface area (Å²) in [5.41, 5.74) is 3.52. The van der Waals surface area contributed by atoms with Crippen LogP contribution in [0.2, 0.25) is 0 Å². The first-order chi connectivity index (χ1) is 23.0. The van der Waals surface area contributed by atoms with Crippen LogP contribution in [-0.2, 0) is 19.1 Å². The van der Waals surface area contributed by atoms with Gasteiger partial charge in [-0.1, -0.05) is 78.9 Å². The lowest BCUT2D eigenvalue weighted by Gasteiger charge is -2.31. The highest BCUT2D eigenvalue weighted by Crippen LogP contribution is 2.36. The molecule has 0 saturated carbocycles. The highest BCUT2D eigenvalue weighted by molar-refractivity contribution is 5.98. The Bertz CT molecular complexity index is 1740. The molecule has 2 saturated heterocycles. The average Bonchev–Trinajstić information content (AvgIpc) is 3.74. The number of aryl methyl sites for hydroxylation is 1. The van der Waals surface area contributed by atoms with Crippen LogP contribution in [0.4, 0.5) is 13.2 Å². The number of halogens is 3. The van der Waals surface area contributed by atoms with Crippen molar-refractivity contribution >= 4 is 11.8 Å². The van der Waals surface area contributed by atoms with Gasteiger partial charge >= 0.3 is 12.1 Å². The Morgan fingerprint density at radius 3 is 2.25 bits per heavy atom. The van der Waals surface area contributed by atoms with Gasteiger partial charge in [0, 0.05) is 31.6 Å². The number of alkyl halides is 3. The molecule has 4 aromatic rings. The van der Waals surface area contributed by atoms with Crippen molar-refractivity contribution in [2.45, 2.75) is 57.1 Å². The van der Waals surface area contributed by atoms with Crippen molar-refractivity contribution in [3.8, 4) is 0 Å². The molecule has 9 heteroatoms. The highest BCUT2D eigenvalue weighted by Gasteiger charge is 2.58. The number of amides is 2. The van der Waals surface area contributed by atoms with Crippen LogP contribution in [-0.4, -0.2) is 64.6 Å². The molecule has 2 fully saturated rings. The molecule has 2 N–H and O–H groups in total. The second-order valence-electron chi connectivity index (χ2n) is 13.1. The number of nitrogens with one attached hydrogen (secondary N) is 1. The maximum absolute atomic E-state index is 14.4. The Morgan fingerprint density at radius 1 is 0.896 bits per heavy atom. The smallest absolute Gasteiger partial charge is 0.386 e. The van der Waals surface area contributed by atoms with E-state index in [1.54, 1.807) is 12.1 Å². The van der Waals surface area contributed by atoms with E-state index in [0.717, 1.165) is 41.7 Å². The third-order valence-electron chi connectivity index (χ3n) is 9.68. The van der Waals surface area contributed by atoms with Gasteiger partial charge in [0.05, 0.1) is 17.2 Å². The molecular weight excluding hydrogens is 615 g/mol. The average molecular weight is 657 g/mol. The van der Waals surface area contributed by atoms with E-state index < -0.39 is 23.9 Å². The zero-order valence-corrected chi connectivity index (χ0v) is 27.0. The first-order valence-electron chi connectivity index (χ1n) is 16.5. The van der Waals surface area contributed by atoms with E-state index in [9.17, 15) is 27.9 Å². The quantitative estimate of drug-likeness (QED) is 0.139. The molecule has 4 aromatic carbocycles. The summed E-state index contributed by atoms with van der Waals surface area (Å²) in [6.45, 7) is 3.84. The van der Waals surface area contributed by atoms with Gasteiger partial charge in [-0.3, -0.25) is 4.79 Å². The van der Waals surface area contributed by atoms with Crippen LogP contribution in [0.1, 0.15) is 67.4 Å². The summed E-state index contributed by atoms with van der Waals surface area (Å²) in [5.74, 6) is -0.247. The molecule has 3 unspecified atom stereocenters. The molecule has 2 aliphatic heterocycles. The fourth-order valence-corrected chi connectivity index (χ4v) is 7.13. The topological polar surface area (TPSA) is 69.6 Å². The van der Waals surface area contributed by atoms with Crippen molar-refractivity contribution in [1.82, 2.24) is 10.2 Å². The molecule has 2 aliphatic rings. The predicted molar refractivity (Wildman–Crippen MR) is 178 cm³/mol. The molecule has 3 atom stereocenters. The molecule has 0 aliphatic carbocycles. The third-order valence-corrected chi connectivity index (χ3v) is 9.68. The number of likely N-dealkylation sites (tertiary alicyclic amines) is 1. The van der Waals surface area contributed by atoms with Gasteiger partial charge in [0.25, 0.3) is 5.91 Å². The molecule has 2 amide bonds. The third kappa shape index (κ3) is 7.38. The summed E-state index contributed by atoms with van der Waals surface area (Å²) < 4.78 is 39.7. The van der Waals surface area contributed by atoms with Crippen molar-refractivity contribution in [2.24, 2.45) is 0 Å². The molecule has 0 bridgehead atoms. The number of hydrogen-bond donors (Lipinski definition) is 2. The van der Waals surface area contributed by atoms with E-state index in [2.05, 4.69) is 5.32 Å². The van der Waals surface area contributed by atoms with Crippen LogP contribution in [0, 0.1) is 6.92 Å². The number of aliphatic hydroxyl groups is 1. The first kappa shape index (κ1) is 33.6. The fourth-order valence-electron chi connectivity index (χ4n) is 7.13. The van der Waals surface area contributed by atoms with Crippen molar-refractivity contribution in [3.05, 3.63) is 142 Å². The van der Waals surface area contributed by atoms with Gasteiger partial charge in [0.1, 0.15) is 25.2 Å². The Kier molecular flexibility index (Phi) is 9.83. The van der Waals surface area contributed by atoms with E-state index in [4.69, 9.17) is 0 Å². The summed E-state index contributed by atoms with van der Waals surface area (Å²) in [4.78, 5) is 30.3.